The minimum absolute atomic E-state index is 0.0185. The number of allylic oxidation sites excluding steroid dienone is 2. The Morgan fingerprint density at radius 2 is 1.03 bits per heavy atom. The largest absolute Gasteiger partial charge is 0.459 e. The van der Waals surface area contributed by atoms with Crippen molar-refractivity contribution in [3.63, 3.8) is 0 Å². The molecule has 1 aromatic carbocycles. The lowest BCUT2D eigenvalue weighted by molar-refractivity contribution is -0.164. The molecule has 0 fully saturated rings. The number of thioether (sulfide) groups is 1. The number of hydrogen-bond donors (Lipinski definition) is 3. The molecule has 1 heterocycles. The van der Waals surface area contributed by atoms with Crippen molar-refractivity contribution in [2.75, 3.05) is 55.9 Å². The summed E-state index contributed by atoms with van der Waals surface area (Å²) in [4.78, 5) is 177. The highest BCUT2D eigenvalue weighted by molar-refractivity contribution is 8.13. The lowest BCUT2D eigenvalue weighted by Gasteiger charge is -2.42. The molecule has 0 radical (unpaired) electrons. The Bertz CT molecular complexity index is 2810. The molecule has 2 rings (SSSR count). The van der Waals surface area contributed by atoms with E-state index in [1.54, 1.807) is 40.8 Å². The molecule has 95 heavy (non-hydrogen) atoms. The van der Waals surface area contributed by atoms with Crippen LogP contribution in [0, 0.1) is 41.4 Å². The molecule has 0 saturated carbocycles. The van der Waals surface area contributed by atoms with Crippen molar-refractivity contribution in [1.29, 1.82) is 0 Å². The van der Waals surface area contributed by atoms with Crippen LogP contribution in [0.25, 0.3) is 0 Å². The number of hydrogen-bond acceptors (Lipinski definition) is 14. The summed E-state index contributed by atoms with van der Waals surface area (Å²) in [5, 5.41) is 8.84. The summed E-state index contributed by atoms with van der Waals surface area (Å²) in [5.41, 5.74) is 0.951. The van der Waals surface area contributed by atoms with E-state index in [0.29, 0.717) is 23.6 Å². The Morgan fingerprint density at radius 1 is 0.558 bits per heavy atom. The summed E-state index contributed by atoms with van der Waals surface area (Å²) in [6.07, 6.45) is 3.55. The molecule has 536 valence electrons. The van der Waals surface area contributed by atoms with E-state index in [2.05, 4.69) is 16.0 Å². The van der Waals surface area contributed by atoms with Gasteiger partial charge in [-0.2, -0.15) is 0 Å². The zero-order valence-corrected chi connectivity index (χ0v) is 62.8. The van der Waals surface area contributed by atoms with Gasteiger partial charge in [0.1, 0.15) is 60.5 Å². The van der Waals surface area contributed by atoms with E-state index in [-0.39, 0.29) is 49.4 Å². The van der Waals surface area contributed by atoms with E-state index in [0.717, 1.165) is 10.5 Å². The number of amides is 10. The fraction of sp³-hybridized carbons (Fsp3) is 0.718. The van der Waals surface area contributed by atoms with Crippen LogP contribution in [0.3, 0.4) is 0 Å². The van der Waals surface area contributed by atoms with Crippen molar-refractivity contribution < 1.29 is 57.5 Å². The lowest BCUT2D eigenvalue weighted by Crippen LogP contribution is -2.64. The average molecular weight is 1350 g/mol. The van der Waals surface area contributed by atoms with Crippen LogP contribution in [0.1, 0.15) is 169 Å². The van der Waals surface area contributed by atoms with Crippen molar-refractivity contribution in [2.45, 2.75) is 235 Å². The van der Waals surface area contributed by atoms with Crippen molar-refractivity contribution >= 4 is 81.8 Å². The Kier molecular flexibility index (Phi) is 34.9. The van der Waals surface area contributed by atoms with Crippen LogP contribution < -0.4 is 16.0 Å². The third kappa shape index (κ3) is 24.6. The molecule has 1 aliphatic rings. The topological polar surface area (TPSA) is 268 Å². The van der Waals surface area contributed by atoms with E-state index in [4.69, 9.17) is 9.73 Å². The van der Waals surface area contributed by atoms with Gasteiger partial charge in [-0.3, -0.25) is 57.7 Å². The van der Waals surface area contributed by atoms with Gasteiger partial charge < -0.3 is 55.0 Å². The highest BCUT2D eigenvalue weighted by Crippen LogP contribution is 2.29. The van der Waals surface area contributed by atoms with Crippen LogP contribution >= 0.6 is 11.8 Å². The zero-order chi connectivity index (χ0) is 72.8. The Balaban J connectivity index is 3.17. The molecule has 23 nitrogen and oxygen atoms in total. The van der Waals surface area contributed by atoms with Crippen LogP contribution in [0.15, 0.2) is 47.5 Å². The first-order valence-corrected chi connectivity index (χ1v) is 34.9. The molecule has 12 atom stereocenters. The molecule has 10 amide bonds. The number of carbonyl (C=O) groups excluding carboxylic acids is 11. The van der Waals surface area contributed by atoms with Crippen LogP contribution in [-0.4, -0.2) is 227 Å². The molecule has 0 aliphatic carbocycles. The van der Waals surface area contributed by atoms with Gasteiger partial charge in [0.25, 0.3) is 0 Å². The summed E-state index contributed by atoms with van der Waals surface area (Å²) in [6.45, 7) is 31.4. The number of benzene rings is 1. The first-order chi connectivity index (χ1) is 44.2. The highest BCUT2D eigenvalue weighted by atomic mass is 32.2. The van der Waals surface area contributed by atoms with Gasteiger partial charge in [-0.25, -0.2) is 0 Å². The summed E-state index contributed by atoms with van der Waals surface area (Å²) >= 11 is 1.37. The van der Waals surface area contributed by atoms with Crippen LogP contribution in [0.2, 0.25) is 0 Å². The molecular formula is C71H119N11O12S. The molecular weight excluding hydrogens is 1230 g/mol. The SMILES string of the molecule is C/C=C/C[C@@H](C)[C@@H](OC(C)=O)[C@H]1C(=O)N[C@@H](CC)C(=O)N(C)CC(=O)N(C)[C@@H](CC(C)C)C(SCc2ccccc2)=N[C@@H](C(C)C)C(=O)N(C)[C@@H](CC(C)C)C(=O)N[C@@H](C)C(=O)N[C@H](C)C(=O)N(C)[C@@H](CC(C)C)C(=O)N(C)[C@@H](CC(C)C)C(=O)N(C)[C@@H](C(C)C)C(=O)N1C. The van der Waals surface area contributed by atoms with Gasteiger partial charge in [0.15, 0.2) is 0 Å². The van der Waals surface area contributed by atoms with Gasteiger partial charge in [0.05, 0.1) is 17.6 Å². The molecule has 24 heteroatoms. The van der Waals surface area contributed by atoms with Crippen molar-refractivity contribution in [1.82, 2.24) is 50.2 Å². The number of esters is 1. The second-order valence-electron chi connectivity index (χ2n) is 28.4. The summed E-state index contributed by atoms with van der Waals surface area (Å²) in [6, 6.07) is -2.15. The Hall–Kier alpha value is -6.85. The maximum Gasteiger partial charge on any atom is 0.303 e. The molecule has 0 saturated heterocycles. The second kappa shape index (κ2) is 39.4. The molecule has 1 aliphatic heterocycles. The van der Waals surface area contributed by atoms with E-state index in [1.807, 2.05) is 113 Å². The third-order valence-corrected chi connectivity index (χ3v) is 18.6. The van der Waals surface area contributed by atoms with E-state index in [1.165, 1.54) is 104 Å². The number of aliphatic imine (C=N–C) groups is 1. The maximum absolute atomic E-state index is 15.5. The van der Waals surface area contributed by atoms with Crippen LogP contribution in [0.5, 0.6) is 0 Å². The van der Waals surface area contributed by atoms with Gasteiger partial charge in [-0.15, -0.1) is 11.8 Å². The van der Waals surface area contributed by atoms with Crippen LogP contribution in [-0.2, 0) is 63.2 Å². The number of rotatable bonds is 18. The van der Waals surface area contributed by atoms with E-state index in [9.17, 15) is 28.8 Å². The fourth-order valence-electron chi connectivity index (χ4n) is 11.8. The minimum atomic E-state index is -1.59. The van der Waals surface area contributed by atoms with Crippen molar-refractivity contribution in [3.8, 4) is 0 Å². The number of likely N-dealkylation sites (N-methyl/N-ethyl adjacent to an activating group) is 7. The molecule has 1 aromatic rings. The standard InChI is InChI=1S/C71H119N11O12S/c1-26-28-32-47(15)61(94-50(18)83)60-64(87)74-52(27-2)67(89)76(19)39-57(84)77(20)54(36-42(5)6)65(95-40-51-33-30-29-31-34-51)75-58(45(11)12)70(92)78(21)53(35-41(3)4)63(86)72-48(16)62(85)73-49(17)66(88)79(22)55(37-43(7)8)68(90)80(23)56(38-44(9)10)69(91)81(24)59(46(13)14)71(93)82(60)25/h26,28-31,33-34,41-49,52-56,58-61H,27,32,35-40H2,1-25H3,(H,72,86)(H,73,85)(H,74,87)/b28-26+,75-65?/t47-,48+,49-,52+,53+,54+,55+,56+,58+,59+,60+,61-/m1/s1. The summed E-state index contributed by atoms with van der Waals surface area (Å²) in [7, 11) is 10.4. The lowest BCUT2D eigenvalue weighted by atomic mass is 9.91. The molecule has 3 N–H and O–H groups in total. The first-order valence-electron chi connectivity index (χ1n) is 33.9. The van der Waals surface area contributed by atoms with Crippen molar-refractivity contribution in [3.05, 3.63) is 48.0 Å². The normalized spacial score (nSPS) is 25.2. The zero-order valence-electron chi connectivity index (χ0n) is 62.0. The number of nitrogens with zero attached hydrogens (tertiary/aromatic N) is 8. The second-order valence-corrected chi connectivity index (χ2v) is 29.4. The van der Waals surface area contributed by atoms with Gasteiger partial charge in [-0.05, 0) is 106 Å². The first kappa shape index (κ1) is 84.2. The van der Waals surface area contributed by atoms with Gasteiger partial charge in [0, 0.05) is 62.0 Å². The smallest absolute Gasteiger partial charge is 0.303 e. The molecule has 0 aromatic heterocycles. The van der Waals surface area contributed by atoms with E-state index < -0.39 is 156 Å². The van der Waals surface area contributed by atoms with Gasteiger partial charge in [0.2, 0.25) is 59.1 Å². The molecule has 0 bridgehead atoms. The van der Waals surface area contributed by atoms with Crippen molar-refractivity contribution in [2.24, 2.45) is 46.4 Å². The maximum atomic E-state index is 15.5. The number of nitrogens with one attached hydrogen (secondary N) is 3. The number of ether oxygens (including phenoxy) is 1. The minimum Gasteiger partial charge on any atom is -0.459 e. The molecule has 0 unspecified atom stereocenters. The summed E-state index contributed by atoms with van der Waals surface area (Å²) < 4.78 is 5.99. The highest BCUT2D eigenvalue weighted by Gasteiger charge is 2.47. The average Bonchev–Trinajstić information content (AvgIpc) is 0.810. The van der Waals surface area contributed by atoms with Gasteiger partial charge >= 0.3 is 5.97 Å². The predicted octanol–water partition coefficient (Wildman–Crippen LogP) is 7.06. The quantitative estimate of drug-likeness (QED) is 0.0983. The molecule has 0 spiro atoms. The predicted molar refractivity (Wildman–Crippen MR) is 375 cm³/mol. The summed E-state index contributed by atoms with van der Waals surface area (Å²) in [5.74, 6) is -8.75. The number of carbonyl (C=O) groups is 11. The third-order valence-electron chi connectivity index (χ3n) is 17.5. The Labute approximate surface area is 572 Å². The Morgan fingerprint density at radius 3 is 1.52 bits per heavy atom. The van der Waals surface area contributed by atoms with Gasteiger partial charge in [-0.1, -0.05) is 139 Å². The van der Waals surface area contributed by atoms with E-state index >= 15 is 24.0 Å². The fourth-order valence-corrected chi connectivity index (χ4v) is 13.0. The monoisotopic (exact) mass is 1350 g/mol. The van der Waals surface area contributed by atoms with Crippen LogP contribution in [0.4, 0.5) is 0 Å².